The zero-order valence-corrected chi connectivity index (χ0v) is 8.31. The third kappa shape index (κ3) is 4.33. The van der Waals surface area contributed by atoms with Crippen molar-refractivity contribution in [1.82, 2.24) is 0 Å². The third-order valence-electron chi connectivity index (χ3n) is 1.64. The zero-order valence-electron chi connectivity index (χ0n) is 8.31. The van der Waals surface area contributed by atoms with Crippen LogP contribution in [0.1, 0.15) is 0 Å². The molecule has 1 rings (SSSR count). The van der Waals surface area contributed by atoms with Crippen molar-refractivity contribution in [2.24, 2.45) is 5.73 Å². The number of ether oxygens (including phenoxy) is 2. The molecular weight excluding hydrogens is 196 g/mol. The molecule has 0 fully saturated rings. The number of anilines is 1. The Morgan fingerprint density at radius 2 is 2.13 bits per heavy atom. The number of carbonyl (C=O) groups is 1. The molecule has 0 bridgehead atoms. The Balaban J connectivity index is 2.23. The van der Waals surface area contributed by atoms with Gasteiger partial charge < -0.3 is 20.9 Å². The fraction of sp³-hybridized carbons (Fsp3) is 0.300. The van der Waals surface area contributed by atoms with E-state index in [9.17, 15) is 4.79 Å². The maximum atomic E-state index is 10.7. The molecule has 0 spiro atoms. The Hall–Kier alpha value is -1.75. The molecule has 0 aliphatic rings. The van der Waals surface area contributed by atoms with Crippen LogP contribution in [-0.2, 0) is 9.53 Å². The summed E-state index contributed by atoms with van der Waals surface area (Å²) < 4.78 is 10.0. The number of hydrogen-bond acceptors (Lipinski definition) is 5. The van der Waals surface area contributed by atoms with Gasteiger partial charge in [-0.05, 0) is 12.1 Å². The van der Waals surface area contributed by atoms with E-state index in [-0.39, 0.29) is 19.8 Å². The van der Waals surface area contributed by atoms with E-state index < -0.39 is 5.97 Å². The summed E-state index contributed by atoms with van der Waals surface area (Å²) in [6.45, 7) is 0.359. The first kappa shape index (κ1) is 11.3. The van der Waals surface area contributed by atoms with Crippen LogP contribution in [0.2, 0.25) is 0 Å². The average Bonchev–Trinajstić information content (AvgIpc) is 2.24. The molecule has 0 aliphatic heterocycles. The highest BCUT2D eigenvalue weighted by atomic mass is 16.6. The van der Waals surface area contributed by atoms with E-state index in [2.05, 4.69) is 0 Å². The van der Waals surface area contributed by atoms with Gasteiger partial charge in [0.15, 0.2) is 0 Å². The molecule has 5 nitrogen and oxygen atoms in total. The van der Waals surface area contributed by atoms with Gasteiger partial charge in [-0.1, -0.05) is 6.07 Å². The second-order valence-corrected chi connectivity index (χ2v) is 2.85. The van der Waals surface area contributed by atoms with Crippen molar-refractivity contribution in [1.29, 1.82) is 0 Å². The van der Waals surface area contributed by atoms with Crippen LogP contribution >= 0.6 is 0 Å². The van der Waals surface area contributed by atoms with Crippen molar-refractivity contribution in [3.8, 4) is 5.75 Å². The maximum absolute atomic E-state index is 10.7. The van der Waals surface area contributed by atoms with E-state index in [0.717, 1.165) is 0 Å². The predicted molar refractivity (Wildman–Crippen MR) is 56.4 cm³/mol. The van der Waals surface area contributed by atoms with Gasteiger partial charge in [-0.3, -0.25) is 4.79 Å². The van der Waals surface area contributed by atoms with E-state index in [4.69, 9.17) is 20.9 Å². The summed E-state index contributed by atoms with van der Waals surface area (Å²) in [4.78, 5) is 10.7. The summed E-state index contributed by atoms with van der Waals surface area (Å²) >= 11 is 0. The highest BCUT2D eigenvalue weighted by Crippen LogP contribution is 2.13. The Kier molecular flexibility index (Phi) is 4.43. The molecule has 0 aromatic heterocycles. The largest absolute Gasteiger partial charge is 0.490 e. The smallest absolute Gasteiger partial charge is 0.319 e. The standard InChI is InChI=1S/C10H14N2O3/c11-7-10(13)15-5-4-14-9-3-1-2-8(12)6-9/h1-3,6H,4-5,7,11-12H2. The fourth-order valence-electron chi connectivity index (χ4n) is 0.978. The number of nitrogen functional groups attached to an aromatic ring is 1. The Bertz CT molecular complexity index is 328. The minimum atomic E-state index is -0.439. The van der Waals surface area contributed by atoms with Crippen molar-refractivity contribution >= 4 is 11.7 Å². The van der Waals surface area contributed by atoms with Gasteiger partial charge in [0.05, 0.1) is 6.54 Å². The molecule has 0 unspecified atom stereocenters. The van der Waals surface area contributed by atoms with E-state index in [1.165, 1.54) is 0 Å². The molecule has 0 saturated carbocycles. The summed E-state index contributed by atoms with van der Waals surface area (Å²) in [7, 11) is 0. The first-order valence-corrected chi connectivity index (χ1v) is 4.56. The van der Waals surface area contributed by atoms with Crippen LogP contribution < -0.4 is 16.2 Å². The number of rotatable bonds is 5. The first-order valence-electron chi connectivity index (χ1n) is 4.56. The van der Waals surface area contributed by atoms with Crippen molar-refractivity contribution in [3.05, 3.63) is 24.3 Å². The van der Waals surface area contributed by atoms with Crippen LogP contribution in [0.3, 0.4) is 0 Å². The van der Waals surface area contributed by atoms with E-state index in [0.29, 0.717) is 11.4 Å². The highest BCUT2D eigenvalue weighted by Gasteiger charge is 1.98. The molecule has 0 radical (unpaired) electrons. The number of benzene rings is 1. The monoisotopic (exact) mass is 210 g/mol. The van der Waals surface area contributed by atoms with Gasteiger partial charge in [-0.25, -0.2) is 0 Å². The minimum absolute atomic E-state index is 0.113. The average molecular weight is 210 g/mol. The first-order chi connectivity index (χ1) is 7.22. The Morgan fingerprint density at radius 1 is 1.33 bits per heavy atom. The van der Waals surface area contributed by atoms with Crippen LogP contribution in [0.25, 0.3) is 0 Å². The van der Waals surface area contributed by atoms with Gasteiger partial charge in [-0.15, -0.1) is 0 Å². The summed E-state index contributed by atoms with van der Waals surface area (Å²) in [5.41, 5.74) is 11.2. The van der Waals surface area contributed by atoms with E-state index >= 15 is 0 Å². The second kappa shape index (κ2) is 5.87. The maximum Gasteiger partial charge on any atom is 0.319 e. The predicted octanol–water partition coefficient (Wildman–Crippen LogP) is 0.149. The molecule has 1 aromatic carbocycles. The second-order valence-electron chi connectivity index (χ2n) is 2.85. The van der Waals surface area contributed by atoms with Gasteiger partial charge >= 0.3 is 5.97 Å². The quantitative estimate of drug-likeness (QED) is 0.410. The number of esters is 1. The van der Waals surface area contributed by atoms with Gasteiger partial charge in [0, 0.05) is 11.8 Å². The van der Waals surface area contributed by atoms with Crippen LogP contribution in [0.5, 0.6) is 5.75 Å². The molecule has 0 atom stereocenters. The number of carbonyl (C=O) groups excluding carboxylic acids is 1. The lowest BCUT2D eigenvalue weighted by atomic mass is 10.3. The topological polar surface area (TPSA) is 87.6 Å². The molecular formula is C10H14N2O3. The molecule has 5 heteroatoms. The van der Waals surface area contributed by atoms with Gasteiger partial charge in [-0.2, -0.15) is 0 Å². The van der Waals surface area contributed by atoms with Crippen molar-refractivity contribution in [3.63, 3.8) is 0 Å². The summed E-state index contributed by atoms with van der Waals surface area (Å²) in [5.74, 6) is 0.213. The molecule has 0 saturated heterocycles. The normalized spacial score (nSPS) is 9.67. The van der Waals surface area contributed by atoms with Crippen molar-refractivity contribution in [2.45, 2.75) is 0 Å². The zero-order chi connectivity index (χ0) is 11.1. The molecule has 1 aromatic rings. The minimum Gasteiger partial charge on any atom is -0.490 e. The van der Waals surface area contributed by atoms with Crippen LogP contribution in [0, 0.1) is 0 Å². The molecule has 0 heterocycles. The van der Waals surface area contributed by atoms with Gasteiger partial charge in [0.25, 0.3) is 0 Å². The molecule has 0 aliphatic carbocycles. The van der Waals surface area contributed by atoms with Gasteiger partial charge in [0.2, 0.25) is 0 Å². The van der Waals surface area contributed by atoms with Gasteiger partial charge in [0.1, 0.15) is 19.0 Å². The molecule has 15 heavy (non-hydrogen) atoms. The van der Waals surface area contributed by atoms with Crippen molar-refractivity contribution in [2.75, 3.05) is 25.5 Å². The number of hydrogen-bond donors (Lipinski definition) is 2. The van der Waals surface area contributed by atoms with Crippen LogP contribution in [0.4, 0.5) is 5.69 Å². The SMILES string of the molecule is NCC(=O)OCCOc1cccc(N)c1. The van der Waals surface area contributed by atoms with Crippen molar-refractivity contribution < 1.29 is 14.3 Å². The lowest BCUT2D eigenvalue weighted by Crippen LogP contribution is -2.19. The summed E-state index contributed by atoms with van der Waals surface area (Å²) in [5, 5.41) is 0. The molecule has 82 valence electrons. The highest BCUT2D eigenvalue weighted by molar-refractivity contribution is 5.71. The lowest BCUT2D eigenvalue weighted by molar-refractivity contribution is -0.142. The Morgan fingerprint density at radius 3 is 2.80 bits per heavy atom. The fourth-order valence-corrected chi connectivity index (χ4v) is 0.978. The molecule has 0 amide bonds. The van der Waals surface area contributed by atoms with Crippen LogP contribution in [0.15, 0.2) is 24.3 Å². The molecule has 4 N–H and O–H groups in total. The summed E-state index contributed by atoms with van der Waals surface area (Å²) in [6, 6.07) is 7.03. The number of nitrogens with two attached hydrogens (primary N) is 2. The summed E-state index contributed by atoms with van der Waals surface area (Å²) in [6.07, 6.45) is 0. The van der Waals surface area contributed by atoms with E-state index in [1.54, 1.807) is 24.3 Å². The van der Waals surface area contributed by atoms with E-state index in [1.807, 2.05) is 0 Å². The lowest BCUT2D eigenvalue weighted by Gasteiger charge is -2.06. The third-order valence-corrected chi connectivity index (χ3v) is 1.64. The Labute approximate surface area is 88.0 Å². The van der Waals surface area contributed by atoms with Crippen LogP contribution in [-0.4, -0.2) is 25.7 Å².